The third-order valence-corrected chi connectivity index (χ3v) is 5.26. The Morgan fingerprint density at radius 3 is 3.10 bits per heavy atom. The van der Waals surface area contributed by atoms with Gasteiger partial charge in [0.1, 0.15) is 0 Å². The van der Waals surface area contributed by atoms with E-state index in [-0.39, 0.29) is 5.54 Å². The molecule has 1 aromatic carbocycles. The van der Waals surface area contributed by atoms with E-state index in [1.807, 2.05) is 0 Å². The second-order valence-electron chi connectivity index (χ2n) is 6.46. The van der Waals surface area contributed by atoms with Crippen molar-refractivity contribution in [1.29, 1.82) is 0 Å². The van der Waals surface area contributed by atoms with Crippen molar-refractivity contribution in [3.05, 3.63) is 35.4 Å². The van der Waals surface area contributed by atoms with Gasteiger partial charge in [-0.3, -0.25) is 4.99 Å². The molecule has 2 atom stereocenters. The highest BCUT2D eigenvalue weighted by Gasteiger charge is 2.46. The summed E-state index contributed by atoms with van der Waals surface area (Å²) >= 11 is 0. The number of hydrogen-bond donors (Lipinski definition) is 1. The molecule has 1 spiro atoms. The van der Waals surface area contributed by atoms with Crippen molar-refractivity contribution in [2.24, 2.45) is 10.7 Å². The van der Waals surface area contributed by atoms with Crippen LogP contribution in [0.4, 0.5) is 0 Å². The first-order valence-electron chi connectivity index (χ1n) is 8.07. The van der Waals surface area contributed by atoms with E-state index in [1.54, 1.807) is 0 Å². The summed E-state index contributed by atoms with van der Waals surface area (Å²) < 4.78 is 5.83. The van der Waals surface area contributed by atoms with Gasteiger partial charge in [-0.15, -0.1) is 0 Å². The number of ether oxygens (including phenoxy) is 1. The van der Waals surface area contributed by atoms with E-state index in [4.69, 9.17) is 10.5 Å². The summed E-state index contributed by atoms with van der Waals surface area (Å²) in [4.78, 5) is 6.93. The van der Waals surface area contributed by atoms with Gasteiger partial charge in [0.05, 0.1) is 18.2 Å². The number of guanidine groups is 1. The van der Waals surface area contributed by atoms with Gasteiger partial charge in [0.25, 0.3) is 0 Å². The Balaban J connectivity index is 1.69. The Morgan fingerprint density at radius 1 is 1.33 bits per heavy atom. The molecule has 1 aromatic rings. The average Bonchev–Trinajstić information content (AvgIpc) is 3.13. The van der Waals surface area contributed by atoms with E-state index in [0.717, 1.165) is 32.5 Å². The molecule has 0 aromatic heterocycles. The summed E-state index contributed by atoms with van der Waals surface area (Å²) in [6.45, 7) is 2.56. The monoisotopic (exact) mass is 285 g/mol. The van der Waals surface area contributed by atoms with E-state index in [9.17, 15) is 0 Å². The molecule has 2 N–H and O–H groups in total. The fourth-order valence-corrected chi connectivity index (χ4v) is 4.20. The molecule has 2 aliphatic heterocycles. The zero-order valence-corrected chi connectivity index (χ0v) is 12.4. The number of nitrogens with two attached hydrogens (primary N) is 1. The lowest BCUT2D eigenvalue weighted by molar-refractivity contribution is 0.0591. The quantitative estimate of drug-likeness (QED) is 0.904. The van der Waals surface area contributed by atoms with Gasteiger partial charge in [-0.05, 0) is 43.2 Å². The van der Waals surface area contributed by atoms with Crippen LogP contribution in [0.25, 0.3) is 0 Å². The molecule has 112 valence electrons. The maximum absolute atomic E-state index is 6.24. The highest BCUT2D eigenvalue weighted by molar-refractivity contribution is 5.81. The number of rotatable bonds is 2. The summed E-state index contributed by atoms with van der Waals surface area (Å²) in [7, 11) is 0. The Bertz CT molecular complexity index is 565. The maximum Gasteiger partial charge on any atom is 0.192 e. The van der Waals surface area contributed by atoms with Crippen LogP contribution < -0.4 is 5.73 Å². The van der Waals surface area contributed by atoms with Gasteiger partial charge in [-0.2, -0.15) is 0 Å². The number of nitrogens with zero attached hydrogens (tertiary/aromatic N) is 2. The minimum Gasteiger partial charge on any atom is -0.376 e. The number of fused-ring (bicyclic) bond motifs is 2. The van der Waals surface area contributed by atoms with Crippen LogP contribution in [0.2, 0.25) is 0 Å². The Kier molecular flexibility index (Phi) is 3.14. The molecule has 21 heavy (non-hydrogen) atoms. The predicted octanol–water partition coefficient (Wildman–Crippen LogP) is 2.03. The fraction of sp³-hybridized carbons (Fsp3) is 0.588. The molecule has 4 nitrogen and oxygen atoms in total. The molecule has 0 bridgehead atoms. The molecule has 3 aliphatic rings. The van der Waals surface area contributed by atoms with Gasteiger partial charge in [0.2, 0.25) is 0 Å². The maximum atomic E-state index is 6.24. The van der Waals surface area contributed by atoms with Crippen LogP contribution in [0, 0.1) is 0 Å². The summed E-state index contributed by atoms with van der Waals surface area (Å²) in [5, 5.41) is 0. The zero-order valence-electron chi connectivity index (χ0n) is 12.4. The summed E-state index contributed by atoms with van der Waals surface area (Å²) in [6, 6.07) is 8.81. The fourth-order valence-electron chi connectivity index (χ4n) is 4.20. The Labute approximate surface area is 126 Å². The smallest absolute Gasteiger partial charge is 0.192 e. The molecule has 0 radical (unpaired) electrons. The summed E-state index contributed by atoms with van der Waals surface area (Å²) in [6.07, 6.45) is 6.14. The Hall–Kier alpha value is -1.55. The van der Waals surface area contributed by atoms with Crippen molar-refractivity contribution < 1.29 is 4.74 Å². The van der Waals surface area contributed by atoms with Gasteiger partial charge in [0, 0.05) is 13.2 Å². The molecule has 1 saturated heterocycles. The highest BCUT2D eigenvalue weighted by Crippen LogP contribution is 2.43. The number of aryl methyl sites for hydroxylation is 1. The molecule has 2 heterocycles. The summed E-state index contributed by atoms with van der Waals surface area (Å²) in [5.74, 6) is 0.696. The van der Waals surface area contributed by atoms with E-state index in [1.165, 1.54) is 30.4 Å². The standard InChI is InChI=1S/C17H23N3O/c18-16-19-12-17(20(16)11-14-7-4-10-21-14)9-3-6-13-5-1-2-8-15(13)17/h1-2,5,8,14H,3-4,6-7,9-12H2,(H2,18,19). The number of hydrogen-bond acceptors (Lipinski definition) is 4. The van der Waals surface area contributed by atoms with Gasteiger partial charge in [0.15, 0.2) is 5.96 Å². The van der Waals surface area contributed by atoms with E-state index in [0.29, 0.717) is 12.1 Å². The van der Waals surface area contributed by atoms with Crippen LogP contribution in [0.15, 0.2) is 29.3 Å². The molecule has 1 fully saturated rings. The highest BCUT2D eigenvalue weighted by atomic mass is 16.5. The van der Waals surface area contributed by atoms with Gasteiger partial charge >= 0.3 is 0 Å². The minimum absolute atomic E-state index is 0.0229. The molecule has 4 heteroatoms. The lowest BCUT2D eigenvalue weighted by Crippen LogP contribution is -2.53. The van der Waals surface area contributed by atoms with Crippen molar-refractivity contribution in [2.75, 3.05) is 19.7 Å². The number of aliphatic imine (C=N–C) groups is 1. The van der Waals surface area contributed by atoms with E-state index in [2.05, 4.69) is 34.2 Å². The van der Waals surface area contributed by atoms with Crippen LogP contribution in [0.3, 0.4) is 0 Å². The third kappa shape index (κ3) is 2.04. The van der Waals surface area contributed by atoms with Gasteiger partial charge < -0.3 is 15.4 Å². The minimum atomic E-state index is -0.0229. The van der Waals surface area contributed by atoms with Crippen LogP contribution in [-0.2, 0) is 16.7 Å². The van der Waals surface area contributed by atoms with Crippen LogP contribution in [-0.4, -0.2) is 36.7 Å². The third-order valence-electron chi connectivity index (χ3n) is 5.26. The van der Waals surface area contributed by atoms with Crippen LogP contribution in [0.5, 0.6) is 0 Å². The molecular weight excluding hydrogens is 262 g/mol. The Morgan fingerprint density at radius 2 is 2.24 bits per heavy atom. The van der Waals surface area contributed by atoms with E-state index < -0.39 is 0 Å². The van der Waals surface area contributed by atoms with Crippen molar-refractivity contribution in [3.63, 3.8) is 0 Å². The van der Waals surface area contributed by atoms with Crippen molar-refractivity contribution in [1.82, 2.24) is 4.90 Å². The normalized spacial score (nSPS) is 31.5. The van der Waals surface area contributed by atoms with Crippen LogP contribution >= 0.6 is 0 Å². The lowest BCUT2D eigenvalue weighted by atomic mass is 9.75. The molecule has 0 saturated carbocycles. The predicted molar refractivity (Wildman–Crippen MR) is 83.2 cm³/mol. The first-order chi connectivity index (χ1) is 10.3. The van der Waals surface area contributed by atoms with E-state index >= 15 is 0 Å². The van der Waals surface area contributed by atoms with Crippen LogP contribution in [0.1, 0.15) is 36.8 Å². The average molecular weight is 285 g/mol. The van der Waals surface area contributed by atoms with Gasteiger partial charge in [-0.1, -0.05) is 24.3 Å². The first-order valence-corrected chi connectivity index (χ1v) is 8.07. The largest absolute Gasteiger partial charge is 0.376 e. The molecule has 2 unspecified atom stereocenters. The van der Waals surface area contributed by atoms with Crippen molar-refractivity contribution in [3.8, 4) is 0 Å². The van der Waals surface area contributed by atoms with Crippen molar-refractivity contribution in [2.45, 2.75) is 43.7 Å². The molecular formula is C17H23N3O. The second kappa shape index (κ2) is 5.02. The molecule has 4 rings (SSSR count). The SMILES string of the molecule is NC1=NCC2(CCCc3ccccc32)N1CC1CCCO1. The lowest BCUT2D eigenvalue weighted by Gasteiger charge is -2.44. The van der Waals surface area contributed by atoms with Crippen molar-refractivity contribution >= 4 is 5.96 Å². The zero-order chi connectivity index (χ0) is 14.3. The topological polar surface area (TPSA) is 50.8 Å². The second-order valence-corrected chi connectivity index (χ2v) is 6.46. The molecule has 0 amide bonds. The summed E-state index contributed by atoms with van der Waals surface area (Å²) in [5.41, 5.74) is 9.11. The first kappa shape index (κ1) is 13.1. The number of benzene rings is 1. The molecule has 1 aliphatic carbocycles. The van der Waals surface area contributed by atoms with Gasteiger partial charge in [-0.25, -0.2) is 0 Å².